The van der Waals surface area contributed by atoms with Crippen LogP contribution in [0.4, 0.5) is 0 Å². The van der Waals surface area contributed by atoms with E-state index in [0.717, 1.165) is 11.0 Å². The molecule has 0 saturated carbocycles. The van der Waals surface area contributed by atoms with Crippen LogP contribution in [0, 0.1) is 6.92 Å². The lowest BCUT2D eigenvalue weighted by Crippen LogP contribution is -2.09. The number of esters is 1. The molecule has 3 aromatic carbocycles. The molecule has 5 aromatic rings. The van der Waals surface area contributed by atoms with Gasteiger partial charge in [-0.05, 0) is 48.9 Å². The molecular weight excluding hydrogens is 380 g/mol. The standard InChI is InChI=1S/C25H16O5/c1-15-11-22-18(13-21(15)30-25(27)16-7-3-2-4-8-16)19(14-24(26)29-22)23-12-17-9-5-6-10-20(17)28-23/h2-14H,1H3. The van der Waals surface area contributed by atoms with E-state index in [9.17, 15) is 9.59 Å². The molecule has 0 amide bonds. The highest BCUT2D eigenvalue weighted by Crippen LogP contribution is 2.35. The van der Waals surface area contributed by atoms with Crippen LogP contribution >= 0.6 is 0 Å². The summed E-state index contributed by atoms with van der Waals surface area (Å²) in [6, 6.07) is 23.0. The zero-order chi connectivity index (χ0) is 20.7. The van der Waals surface area contributed by atoms with Crippen LogP contribution < -0.4 is 10.4 Å². The molecule has 5 rings (SSSR count). The first-order valence-corrected chi connectivity index (χ1v) is 9.43. The molecule has 0 unspecified atom stereocenters. The Morgan fingerprint density at radius 2 is 1.60 bits per heavy atom. The van der Waals surface area contributed by atoms with E-state index in [1.165, 1.54) is 6.07 Å². The van der Waals surface area contributed by atoms with Gasteiger partial charge < -0.3 is 13.6 Å². The highest BCUT2D eigenvalue weighted by atomic mass is 16.5. The van der Waals surface area contributed by atoms with Crippen LogP contribution in [0.3, 0.4) is 0 Å². The van der Waals surface area contributed by atoms with Gasteiger partial charge in [0.05, 0.1) is 5.56 Å². The minimum absolute atomic E-state index is 0.391. The maximum absolute atomic E-state index is 12.5. The molecule has 0 saturated heterocycles. The molecule has 30 heavy (non-hydrogen) atoms. The number of hydrogen-bond donors (Lipinski definition) is 0. The number of fused-ring (bicyclic) bond motifs is 2. The van der Waals surface area contributed by atoms with E-state index in [1.54, 1.807) is 43.3 Å². The third-order valence-corrected chi connectivity index (χ3v) is 4.94. The predicted molar refractivity (Wildman–Crippen MR) is 114 cm³/mol. The van der Waals surface area contributed by atoms with Gasteiger partial charge in [-0.15, -0.1) is 0 Å². The van der Waals surface area contributed by atoms with Crippen molar-refractivity contribution in [1.29, 1.82) is 0 Å². The number of benzene rings is 3. The van der Waals surface area contributed by atoms with Crippen LogP contribution in [-0.2, 0) is 0 Å². The van der Waals surface area contributed by atoms with Crippen LogP contribution in [0.2, 0.25) is 0 Å². The summed E-state index contributed by atoms with van der Waals surface area (Å²) in [5, 5.41) is 1.55. The lowest BCUT2D eigenvalue weighted by atomic mass is 10.0. The summed E-state index contributed by atoms with van der Waals surface area (Å²) in [7, 11) is 0. The number of para-hydroxylation sites is 1. The second-order valence-corrected chi connectivity index (χ2v) is 7.00. The third kappa shape index (κ3) is 3.16. The topological polar surface area (TPSA) is 69.7 Å². The smallest absolute Gasteiger partial charge is 0.343 e. The van der Waals surface area contributed by atoms with E-state index < -0.39 is 11.6 Å². The number of hydrogen-bond acceptors (Lipinski definition) is 5. The number of carbonyl (C=O) groups is 1. The highest BCUT2D eigenvalue weighted by molar-refractivity contribution is 5.97. The van der Waals surface area contributed by atoms with Crippen LogP contribution in [0.1, 0.15) is 15.9 Å². The second-order valence-electron chi connectivity index (χ2n) is 7.00. The fraction of sp³-hybridized carbons (Fsp3) is 0.0400. The van der Waals surface area contributed by atoms with Crippen molar-refractivity contribution in [2.24, 2.45) is 0 Å². The summed E-state index contributed by atoms with van der Waals surface area (Å²) in [6.45, 7) is 1.79. The summed E-state index contributed by atoms with van der Waals surface area (Å²) < 4.78 is 17.0. The van der Waals surface area contributed by atoms with Gasteiger partial charge in [-0.2, -0.15) is 0 Å². The summed E-state index contributed by atoms with van der Waals surface area (Å²) in [5.74, 6) is 0.474. The minimum atomic E-state index is -0.480. The van der Waals surface area contributed by atoms with Gasteiger partial charge in [0.15, 0.2) is 0 Å². The first-order chi connectivity index (χ1) is 14.6. The fourth-order valence-corrected chi connectivity index (χ4v) is 3.45. The largest absolute Gasteiger partial charge is 0.456 e. The zero-order valence-electron chi connectivity index (χ0n) is 16.0. The third-order valence-electron chi connectivity index (χ3n) is 4.94. The van der Waals surface area contributed by atoms with E-state index in [4.69, 9.17) is 13.6 Å². The van der Waals surface area contributed by atoms with Crippen molar-refractivity contribution >= 4 is 27.9 Å². The first-order valence-electron chi connectivity index (χ1n) is 9.43. The Morgan fingerprint density at radius 1 is 0.833 bits per heavy atom. The van der Waals surface area contributed by atoms with Crippen molar-refractivity contribution in [1.82, 2.24) is 0 Å². The fourth-order valence-electron chi connectivity index (χ4n) is 3.45. The average molecular weight is 396 g/mol. The van der Waals surface area contributed by atoms with Crippen LogP contribution in [-0.4, -0.2) is 5.97 Å². The molecule has 0 radical (unpaired) electrons. The van der Waals surface area contributed by atoms with Crippen molar-refractivity contribution in [3.63, 3.8) is 0 Å². The van der Waals surface area contributed by atoms with Crippen LogP contribution in [0.5, 0.6) is 5.75 Å². The Bertz CT molecular complexity index is 1420. The predicted octanol–water partition coefficient (Wildman–Crippen LogP) is 5.73. The first kappa shape index (κ1) is 17.9. The monoisotopic (exact) mass is 396 g/mol. The molecule has 0 fully saturated rings. The summed E-state index contributed by atoms with van der Waals surface area (Å²) >= 11 is 0. The minimum Gasteiger partial charge on any atom is -0.456 e. The van der Waals surface area contributed by atoms with Crippen LogP contribution in [0.25, 0.3) is 33.3 Å². The van der Waals surface area contributed by atoms with Gasteiger partial charge in [0.1, 0.15) is 22.7 Å². The quantitative estimate of drug-likeness (QED) is 0.221. The van der Waals surface area contributed by atoms with E-state index in [0.29, 0.717) is 39.2 Å². The van der Waals surface area contributed by atoms with Gasteiger partial charge in [-0.25, -0.2) is 9.59 Å². The number of aryl methyl sites for hydroxylation is 1. The van der Waals surface area contributed by atoms with Crippen molar-refractivity contribution in [3.8, 4) is 17.1 Å². The summed E-state index contributed by atoms with van der Waals surface area (Å²) in [6.07, 6.45) is 0. The zero-order valence-corrected chi connectivity index (χ0v) is 16.0. The lowest BCUT2D eigenvalue weighted by molar-refractivity contribution is 0.0733. The van der Waals surface area contributed by atoms with E-state index in [-0.39, 0.29) is 0 Å². The number of ether oxygens (including phenoxy) is 1. The molecule has 146 valence electrons. The van der Waals surface area contributed by atoms with Gasteiger partial charge in [0.25, 0.3) is 0 Å². The Kier molecular flexibility index (Phi) is 4.21. The lowest BCUT2D eigenvalue weighted by Gasteiger charge is -2.10. The molecule has 2 heterocycles. The van der Waals surface area contributed by atoms with Crippen molar-refractivity contribution in [3.05, 3.63) is 100 Å². The molecular formula is C25H16O5. The molecule has 0 bridgehead atoms. The normalized spacial score (nSPS) is 11.1. The Hall–Kier alpha value is -4.12. The molecule has 0 aliphatic carbocycles. The molecule has 0 atom stereocenters. The van der Waals surface area contributed by atoms with Crippen LogP contribution in [0.15, 0.2) is 92.5 Å². The molecule has 5 nitrogen and oxygen atoms in total. The molecule has 0 aliphatic heterocycles. The van der Waals surface area contributed by atoms with E-state index in [1.807, 2.05) is 36.4 Å². The van der Waals surface area contributed by atoms with Crippen molar-refractivity contribution in [2.75, 3.05) is 0 Å². The maximum atomic E-state index is 12.5. The molecule has 0 N–H and O–H groups in total. The van der Waals surface area contributed by atoms with Gasteiger partial charge in [-0.1, -0.05) is 36.4 Å². The number of rotatable bonds is 3. The number of carbonyl (C=O) groups excluding carboxylic acids is 1. The van der Waals surface area contributed by atoms with E-state index >= 15 is 0 Å². The Labute approximate surface area is 171 Å². The van der Waals surface area contributed by atoms with Gasteiger partial charge >= 0.3 is 11.6 Å². The second kappa shape index (κ2) is 7.04. The number of furan rings is 1. The van der Waals surface area contributed by atoms with Gasteiger partial charge in [-0.3, -0.25) is 0 Å². The molecule has 0 aliphatic rings. The summed E-state index contributed by atoms with van der Waals surface area (Å²) in [5.41, 5.74) is 2.35. The average Bonchev–Trinajstić information content (AvgIpc) is 3.18. The maximum Gasteiger partial charge on any atom is 0.343 e. The summed E-state index contributed by atoms with van der Waals surface area (Å²) in [4.78, 5) is 24.7. The Morgan fingerprint density at radius 3 is 2.40 bits per heavy atom. The van der Waals surface area contributed by atoms with Crippen molar-refractivity contribution in [2.45, 2.75) is 6.92 Å². The van der Waals surface area contributed by atoms with Gasteiger partial charge in [0, 0.05) is 22.4 Å². The van der Waals surface area contributed by atoms with E-state index in [2.05, 4.69) is 0 Å². The molecule has 2 aromatic heterocycles. The highest BCUT2D eigenvalue weighted by Gasteiger charge is 2.17. The molecule has 0 spiro atoms. The molecule has 5 heteroatoms. The SMILES string of the molecule is Cc1cc2oc(=O)cc(-c3cc4ccccc4o3)c2cc1OC(=O)c1ccccc1. The van der Waals surface area contributed by atoms with Crippen molar-refractivity contribution < 1.29 is 18.4 Å². The Balaban J connectivity index is 1.65. The van der Waals surface area contributed by atoms with Gasteiger partial charge in [0.2, 0.25) is 0 Å².